The molecule has 0 aliphatic rings. The highest BCUT2D eigenvalue weighted by atomic mass is 79.9. The summed E-state index contributed by atoms with van der Waals surface area (Å²) in [5.41, 5.74) is 8.19. The van der Waals surface area contributed by atoms with Crippen molar-refractivity contribution in [2.24, 2.45) is 5.73 Å². The van der Waals surface area contributed by atoms with Crippen LogP contribution >= 0.6 is 27.5 Å². The zero-order valence-electron chi connectivity index (χ0n) is 10.1. The van der Waals surface area contributed by atoms with Crippen LogP contribution in [0.4, 0.5) is 0 Å². The molecule has 0 aliphatic carbocycles. The molecule has 0 aliphatic heterocycles. The van der Waals surface area contributed by atoms with Gasteiger partial charge in [-0.05, 0) is 40.0 Å². The second kappa shape index (κ2) is 5.87. The molecule has 5 heteroatoms. The van der Waals surface area contributed by atoms with E-state index in [1.807, 2.05) is 28.9 Å². The normalized spacial score (nSPS) is 12.7. The van der Waals surface area contributed by atoms with Crippen LogP contribution in [0.15, 0.2) is 34.9 Å². The van der Waals surface area contributed by atoms with Gasteiger partial charge in [0, 0.05) is 17.2 Å². The van der Waals surface area contributed by atoms with Crippen LogP contribution in [0.3, 0.4) is 0 Å². The first-order chi connectivity index (χ1) is 8.65. The Kier molecular flexibility index (Phi) is 4.43. The van der Waals surface area contributed by atoms with Gasteiger partial charge >= 0.3 is 0 Å². The third-order valence-electron chi connectivity index (χ3n) is 2.82. The Balaban J connectivity index is 2.38. The van der Waals surface area contributed by atoms with Crippen molar-refractivity contribution < 1.29 is 0 Å². The quantitative estimate of drug-likeness (QED) is 0.928. The molecular weight excluding hydrogens is 314 g/mol. The van der Waals surface area contributed by atoms with Crippen LogP contribution in [0.2, 0.25) is 5.02 Å². The molecule has 1 aromatic heterocycles. The molecule has 0 fully saturated rings. The van der Waals surface area contributed by atoms with Crippen molar-refractivity contribution in [3.63, 3.8) is 0 Å². The Labute approximate surface area is 120 Å². The maximum Gasteiger partial charge on any atom is 0.0738 e. The van der Waals surface area contributed by atoms with Crippen molar-refractivity contribution in [3.8, 4) is 0 Å². The average Bonchev–Trinajstić information content (AvgIpc) is 2.80. The van der Waals surface area contributed by atoms with Gasteiger partial charge in [0.15, 0.2) is 0 Å². The van der Waals surface area contributed by atoms with E-state index in [-0.39, 0.29) is 6.04 Å². The Hall–Kier alpha value is -0.840. The van der Waals surface area contributed by atoms with E-state index in [1.165, 1.54) is 0 Å². The molecule has 2 N–H and O–H groups in total. The van der Waals surface area contributed by atoms with Gasteiger partial charge in [-0.25, -0.2) is 0 Å². The topological polar surface area (TPSA) is 43.8 Å². The first kappa shape index (κ1) is 13.6. The van der Waals surface area contributed by atoms with E-state index >= 15 is 0 Å². The average molecular weight is 329 g/mol. The third kappa shape index (κ3) is 2.60. The van der Waals surface area contributed by atoms with Crippen LogP contribution in [-0.2, 0) is 6.54 Å². The monoisotopic (exact) mass is 327 g/mol. The lowest BCUT2D eigenvalue weighted by Gasteiger charge is -2.16. The summed E-state index contributed by atoms with van der Waals surface area (Å²) in [4.78, 5) is 0. The van der Waals surface area contributed by atoms with E-state index < -0.39 is 0 Å². The van der Waals surface area contributed by atoms with Crippen LogP contribution < -0.4 is 5.73 Å². The van der Waals surface area contributed by atoms with E-state index in [2.05, 4.69) is 28.0 Å². The van der Waals surface area contributed by atoms with Crippen molar-refractivity contribution in [2.45, 2.75) is 25.9 Å². The molecule has 0 saturated heterocycles. The molecule has 0 radical (unpaired) electrons. The molecule has 1 atom stereocenters. The predicted octanol–water partition coefficient (Wildman–Crippen LogP) is 3.76. The Morgan fingerprint density at radius 1 is 1.44 bits per heavy atom. The van der Waals surface area contributed by atoms with Crippen LogP contribution in [-0.4, -0.2) is 9.78 Å². The maximum atomic E-state index is 6.30. The second-order valence-corrected chi connectivity index (χ2v) is 5.33. The molecule has 1 heterocycles. The smallest absolute Gasteiger partial charge is 0.0738 e. The van der Waals surface area contributed by atoms with Crippen molar-refractivity contribution in [1.29, 1.82) is 0 Å². The van der Waals surface area contributed by atoms with Crippen molar-refractivity contribution >= 4 is 27.5 Å². The SMILES string of the molecule is CCCn1nccc1C(N)c1cccc(Br)c1Cl. The number of nitrogens with two attached hydrogens (primary N) is 1. The van der Waals surface area contributed by atoms with Crippen molar-refractivity contribution in [2.75, 3.05) is 0 Å². The number of halogens is 2. The number of aromatic nitrogens is 2. The van der Waals surface area contributed by atoms with Gasteiger partial charge in [-0.3, -0.25) is 4.68 Å². The minimum atomic E-state index is -0.260. The Morgan fingerprint density at radius 2 is 2.22 bits per heavy atom. The van der Waals surface area contributed by atoms with Gasteiger partial charge < -0.3 is 5.73 Å². The number of hydrogen-bond acceptors (Lipinski definition) is 2. The summed E-state index contributed by atoms with van der Waals surface area (Å²) >= 11 is 9.69. The lowest BCUT2D eigenvalue weighted by molar-refractivity contribution is 0.560. The number of rotatable bonds is 4. The molecule has 0 bridgehead atoms. The van der Waals surface area contributed by atoms with Crippen LogP contribution in [0.5, 0.6) is 0 Å². The molecule has 1 unspecified atom stereocenters. The van der Waals surface area contributed by atoms with Crippen molar-refractivity contribution in [3.05, 3.63) is 51.2 Å². The lowest BCUT2D eigenvalue weighted by Crippen LogP contribution is -2.18. The minimum absolute atomic E-state index is 0.260. The fourth-order valence-corrected chi connectivity index (χ4v) is 2.55. The van der Waals surface area contributed by atoms with E-state index in [4.69, 9.17) is 17.3 Å². The zero-order chi connectivity index (χ0) is 13.1. The minimum Gasteiger partial charge on any atom is -0.319 e. The molecule has 2 rings (SSSR count). The predicted molar refractivity (Wildman–Crippen MR) is 77.7 cm³/mol. The van der Waals surface area contributed by atoms with Gasteiger partial charge in [-0.1, -0.05) is 30.7 Å². The molecule has 18 heavy (non-hydrogen) atoms. The first-order valence-corrected chi connectivity index (χ1v) is 7.03. The second-order valence-electron chi connectivity index (χ2n) is 4.10. The molecule has 2 aromatic rings. The highest BCUT2D eigenvalue weighted by molar-refractivity contribution is 9.10. The fourth-order valence-electron chi connectivity index (χ4n) is 1.93. The third-order valence-corrected chi connectivity index (χ3v) is 4.13. The van der Waals surface area contributed by atoms with Crippen LogP contribution in [0.1, 0.15) is 30.6 Å². The summed E-state index contributed by atoms with van der Waals surface area (Å²) in [7, 11) is 0. The molecule has 1 aromatic carbocycles. The molecule has 0 amide bonds. The molecular formula is C13H15BrClN3. The molecule has 3 nitrogen and oxygen atoms in total. The Morgan fingerprint density at radius 3 is 2.94 bits per heavy atom. The van der Waals surface area contributed by atoms with Gasteiger partial charge in [0.25, 0.3) is 0 Å². The highest BCUT2D eigenvalue weighted by Crippen LogP contribution is 2.32. The maximum absolute atomic E-state index is 6.30. The number of benzene rings is 1. The van der Waals surface area contributed by atoms with E-state index in [0.29, 0.717) is 5.02 Å². The van der Waals surface area contributed by atoms with Crippen molar-refractivity contribution in [1.82, 2.24) is 9.78 Å². The van der Waals surface area contributed by atoms with Crippen LogP contribution in [0, 0.1) is 0 Å². The first-order valence-electron chi connectivity index (χ1n) is 5.86. The standard InChI is InChI=1S/C13H15BrClN3/c1-2-8-18-11(6-7-17-18)13(16)9-4-3-5-10(14)12(9)15/h3-7,13H,2,8,16H2,1H3. The summed E-state index contributed by atoms with van der Waals surface area (Å²) in [6.45, 7) is 2.98. The lowest BCUT2D eigenvalue weighted by atomic mass is 10.0. The summed E-state index contributed by atoms with van der Waals surface area (Å²) in [5.74, 6) is 0. The molecule has 96 valence electrons. The molecule has 0 saturated carbocycles. The van der Waals surface area contributed by atoms with Gasteiger partial charge in [-0.2, -0.15) is 5.10 Å². The van der Waals surface area contributed by atoms with E-state index in [1.54, 1.807) is 6.20 Å². The van der Waals surface area contributed by atoms with E-state index in [0.717, 1.165) is 28.7 Å². The summed E-state index contributed by atoms with van der Waals surface area (Å²) in [5, 5.41) is 4.95. The summed E-state index contributed by atoms with van der Waals surface area (Å²) < 4.78 is 2.79. The highest BCUT2D eigenvalue weighted by Gasteiger charge is 2.17. The summed E-state index contributed by atoms with van der Waals surface area (Å²) in [6, 6.07) is 7.47. The van der Waals surface area contributed by atoms with Gasteiger partial charge in [0.1, 0.15) is 0 Å². The number of nitrogens with zero attached hydrogens (tertiary/aromatic N) is 2. The number of hydrogen-bond donors (Lipinski definition) is 1. The van der Waals surface area contributed by atoms with Crippen LogP contribution in [0.25, 0.3) is 0 Å². The van der Waals surface area contributed by atoms with Gasteiger partial charge in [0.05, 0.1) is 16.8 Å². The fraction of sp³-hybridized carbons (Fsp3) is 0.308. The largest absolute Gasteiger partial charge is 0.319 e. The number of aryl methyl sites for hydroxylation is 1. The van der Waals surface area contributed by atoms with Gasteiger partial charge in [0.2, 0.25) is 0 Å². The van der Waals surface area contributed by atoms with E-state index in [9.17, 15) is 0 Å². The zero-order valence-corrected chi connectivity index (χ0v) is 12.4. The summed E-state index contributed by atoms with van der Waals surface area (Å²) in [6.07, 6.45) is 2.80. The molecule has 0 spiro atoms. The Bertz CT molecular complexity index is 539. The van der Waals surface area contributed by atoms with Gasteiger partial charge in [-0.15, -0.1) is 0 Å².